The van der Waals surface area contributed by atoms with Gasteiger partial charge in [0.15, 0.2) is 14.7 Å². The fourth-order valence-corrected chi connectivity index (χ4v) is 5.02. The molecule has 0 aliphatic carbocycles. The highest BCUT2D eigenvalue weighted by atomic mass is 32.2. The quantitative estimate of drug-likeness (QED) is 0.505. The minimum atomic E-state index is -0.207. The van der Waals surface area contributed by atoms with Crippen LogP contribution in [0.3, 0.4) is 0 Å². The maximum absolute atomic E-state index is 6.20. The van der Waals surface area contributed by atoms with E-state index in [1.807, 2.05) is 0 Å². The van der Waals surface area contributed by atoms with Crippen molar-refractivity contribution >= 4 is 10.9 Å². The largest absolute Gasteiger partial charge is 0.488 e. The van der Waals surface area contributed by atoms with Gasteiger partial charge in [-0.3, -0.25) is 0 Å². The van der Waals surface area contributed by atoms with Crippen molar-refractivity contribution in [2.45, 2.75) is 48.0 Å². The Kier molecular flexibility index (Phi) is 5.19. The Morgan fingerprint density at radius 2 is 1.20 bits per heavy atom. The summed E-state index contributed by atoms with van der Waals surface area (Å²) >= 11 is 0. The molecule has 0 N–H and O–H groups in total. The highest BCUT2D eigenvalue weighted by Crippen LogP contribution is 2.36. The molecule has 3 aromatic rings. The molecule has 3 rings (SSSR count). The molecule has 0 heterocycles. The number of hydrogen-bond acceptors (Lipinski definition) is 1. The molecule has 128 valence electrons. The average Bonchev–Trinajstić information content (AvgIpc) is 2.59. The van der Waals surface area contributed by atoms with Gasteiger partial charge in [0.2, 0.25) is 0 Å². The van der Waals surface area contributed by atoms with Gasteiger partial charge in [0, 0.05) is 5.56 Å². The molecule has 0 aliphatic rings. The first-order chi connectivity index (χ1) is 12.0. The average molecular weight is 350 g/mol. The summed E-state index contributed by atoms with van der Waals surface area (Å²) in [6, 6.07) is 27.9. The van der Waals surface area contributed by atoms with Gasteiger partial charge in [0.1, 0.15) is 11.4 Å². The van der Waals surface area contributed by atoms with Crippen molar-refractivity contribution in [2.75, 3.05) is 0 Å². The molecule has 0 amide bonds. The standard InChI is InChI=1S/C23H25OS/c1-18-21(24-23(2,3)4)16-11-17-22(18)25(19-12-7-5-8-13-19)20-14-9-6-10-15-20/h5-17H,1-4H3/q+1. The lowest BCUT2D eigenvalue weighted by Gasteiger charge is -2.23. The zero-order chi connectivity index (χ0) is 17.9. The summed E-state index contributed by atoms with van der Waals surface area (Å²) in [4.78, 5) is 3.97. The van der Waals surface area contributed by atoms with Crippen LogP contribution in [0.4, 0.5) is 0 Å². The summed E-state index contributed by atoms with van der Waals surface area (Å²) < 4.78 is 6.20. The van der Waals surface area contributed by atoms with Gasteiger partial charge in [-0.1, -0.05) is 42.5 Å². The molecule has 0 aromatic heterocycles. The van der Waals surface area contributed by atoms with Crippen LogP contribution in [0.25, 0.3) is 0 Å². The number of ether oxygens (including phenoxy) is 1. The fourth-order valence-electron chi connectivity index (χ4n) is 2.76. The molecule has 1 nitrogen and oxygen atoms in total. The maximum atomic E-state index is 6.20. The summed E-state index contributed by atoms with van der Waals surface area (Å²) in [6.45, 7) is 8.44. The zero-order valence-corrected chi connectivity index (χ0v) is 16.1. The molecule has 0 aliphatic heterocycles. The minimum absolute atomic E-state index is 0.145. The SMILES string of the molecule is Cc1c(OC(C)(C)C)cccc1[S+](c1ccccc1)c1ccccc1. The van der Waals surface area contributed by atoms with E-state index >= 15 is 0 Å². The van der Waals surface area contributed by atoms with Crippen LogP contribution >= 0.6 is 0 Å². The van der Waals surface area contributed by atoms with Gasteiger partial charge in [-0.25, -0.2) is 0 Å². The van der Waals surface area contributed by atoms with Crippen LogP contribution in [0.15, 0.2) is 93.5 Å². The van der Waals surface area contributed by atoms with E-state index in [9.17, 15) is 0 Å². The van der Waals surface area contributed by atoms with Crippen LogP contribution in [-0.4, -0.2) is 5.60 Å². The van der Waals surface area contributed by atoms with Crippen molar-refractivity contribution in [2.24, 2.45) is 0 Å². The number of rotatable bonds is 4. The monoisotopic (exact) mass is 349 g/mol. The van der Waals surface area contributed by atoms with Gasteiger partial charge >= 0.3 is 0 Å². The van der Waals surface area contributed by atoms with E-state index in [1.54, 1.807) is 0 Å². The predicted octanol–water partition coefficient (Wildman–Crippen LogP) is 6.27. The molecule has 0 saturated heterocycles. The van der Waals surface area contributed by atoms with Crippen molar-refractivity contribution in [3.05, 3.63) is 84.4 Å². The van der Waals surface area contributed by atoms with Gasteiger partial charge < -0.3 is 4.74 Å². The topological polar surface area (TPSA) is 9.23 Å². The van der Waals surface area contributed by atoms with Gasteiger partial charge in [-0.05, 0) is 64.1 Å². The second-order valence-electron chi connectivity index (χ2n) is 7.03. The van der Waals surface area contributed by atoms with E-state index < -0.39 is 0 Å². The summed E-state index contributed by atoms with van der Waals surface area (Å²) in [5.41, 5.74) is 1.01. The summed E-state index contributed by atoms with van der Waals surface area (Å²) in [5.74, 6) is 0.967. The van der Waals surface area contributed by atoms with E-state index in [-0.39, 0.29) is 16.5 Å². The molecule has 0 bridgehead atoms. The van der Waals surface area contributed by atoms with Crippen LogP contribution < -0.4 is 4.74 Å². The lowest BCUT2D eigenvalue weighted by molar-refractivity contribution is 0.129. The van der Waals surface area contributed by atoms with E-state index in [0.717, 1.165) is 5.75 Å². The normalized spacial score (nSPS) is 11.6. The van der Waals surface area contributed by atoms with Crippen LogP contribution in [0.5, 0.6) is 5.75 Å². The summed E-state index contributed by atoms with van der Waals surface area (Å²) in [6.07, 6.45) is 0. The van der Waals surface area contributed by atoms with Crippen molar-refractivity contribution in [1.29, 1.82) is 0 Å². The zero-order valence-electron chi connectivity index (χ0n) is 15.3. The lowest BCUT2D eigenvalue weighted by atomic mass is 10.1. The van der Waals surface area contributed by atoms with Gasteiger partial charge in [-0.2, -0.15) is 0 Å². The maximum Gasteiger partial charge on any atom is 0.173 e. The fraction of sp³-hybridized carbons (Fsp3) is 0.217. The highest BCUT2D eigenvalue weighted by molar-refractivity contribution is 7.97. The molecule has 0 fully saturated rings. The molecule has 2 heteroatoms. The van der Waals surface area contributed by atoms with E-state index in [0.29, 0.717) is 0 Å². The lowest BCUT2D eigenvalue weighted by Crippen LogP contribution is -2.23. The third-order valence-corrected chi connectivity index (χ3v) is 6.20. The molecule has 0 atom stereocenters. The molecule has 0 spiro atoms. The second kappa shape index (κ2) is 7.37. The van der Waals surface area contributed by atoms with Crippen LogP contribution in [0.2, 0.25) is 0 Å². The van der Waals surface area contributed by atoms with Crippen molar-refractivity contribution in [3.63, 3.8) is 0 Å². The second-order valence-corrected chi connectivity index (χ2v) is 9.02. The number of benzene rings is 3. The van der Waals surface area contributed by atoms with Crippen molar-refractivity contribution in [1.82, 2.24) is 0 Å². The predicted molar refractivity (Wildman–Crippen MR) is 107 cm³/mol. The molecular weight excluding hydrogens is 324 g/mol. The van der Waals surface area contributed by atoms with Crippen LogP contribution in [0.1, 0.15) is 26.3 Å². The Balaban J connectivity index is 2.13. The van der Waals surface area contributed by atoms with E-state index in [2.05, 4.69) is 107 Å². The Morgan fingerprint density at radius 3 is 1.68 bits per heavy atom. The van der Waals surface area contributed by atoms with Crippen LogP contribution in [-0.2, 0) is 10.9 Å². The Hall–Kier alpha value is -2.19. The van der Waals surface area contributed by atoms with Crippen molar-refractivity contribution in [3.8, 4) is 5.75 Å². The molecule has 0 saturated carbocycles. The third kappa shape index (κ3) is 4.26. The summed E-state index contributed by atoms with van der Waals surface area (Å²) in [7, 11) is -0.145. The van der Waals surface area contributed by atoms with Crippen LogP contribution in [0, 0.1) is 6.92 Å². The van der Waals surface area contributed by atoms with Gasteiger partial charge in [-0.15, -0.1) is 0 Å². The molecule has 0 unspecified atom stereocenters. The molecule has 0 radical (unpaired) electrons. The minimum Gasteiger partial charge on any atom is -0.488 e. The van der Waals surface area contributed by atoms with Crippen molar-refractivity contribution < 1.29 is 4.74 Å². The van der Waals surface area contributed by atoms with E-state index in [1.165, 1.54) is 20.2 Å². The molecular formula is C23H25OS+. The Bertz CT molecular complexity index is 780. The van der Waals surface area contributed by atoms with Gasteiger partial charge in [0.05, 0.1) is 10.9 Å². The molecule has 3 aromatic carbocycles. The first-order valence-electron chi connectivity index (χ1n) is 8.59. The number of hydrogen-bond donors (Lipinski definition) is 0. The smallest absolute Gasteiger partial charge is 0.173 e. The highest BCUT2D eigenvalue weighted by Gasteiger charge is 2.31. The third-order valence-electron chi connectivity index (χ3n) is 3.83. The first kappa shape index (κ1) is 17.6. The summed E-state index contributed by atoms with van der Waals surface area (Å²) in [5, 5.41) is 0. The first-order valence-corrected chi connectivity index (χ1v) is 9.81. The van der Waals surface area contributed by atoms with Gasteiger partial charge in [0.25, 0.3) is 0 Å². The Labute approximate surface area is 154 Å². The molecule has 25 heavy (non-hydrogen) atoms. The van der Waals surface area contributed by atoms with E-state index in [4.69, 9.17) is 4.74 Å². The Morgan fingerprint density at radius 1 is 0.680 bits per heavy atom.